The molecule has 39 heavy (non-hydrogen) atoms. The van der Waals surface area contributed by atoms with E-state index in [4.69, 9.17) is 21.1 Å². The van der Waals surface area contributed by atoms with Crippen LogP contribution in [0, 0.1) is 12.3 Å². The third kappa shape index (κ3) is 8.06. The van der Waals surface area contributed by atoms with Crippen LogP contribution in [0.5, 0.6) is 5.88 Å². The number of ether oxygens (including phenoxy) is 2. The molecule has 0 saturated heterocycles. The van der Waals surface area contributed by atoms with E-state index in [1.54, 1.807) is 44.3 Å². The van der Waals surface area contributed by atoms with Crippen LogP contribution in [0.1, 0.15) is 31.2 Å². The summed E-state index contributed by atoms with van der Waals surface area (Å²) in [6.45, 7) is 11.2. The molecule has 2 N–H and O–H groups in total. The summed E-state index contributed by atoms with van der Waals surface area (Å²) in [7, 11) is -1.56. The number of aryl methyl sites for hydroxylation is 1. The van der Waals surface area contributed by atoms with E-state index in [1.807, 2.05) is 6.92 Å². The van der Waals surface area contributed by atoms with E-state index in [0.29, 0.717) is 22.5 Å². The highest BCUT2D eigenvalue weighted by molar-refractivity contribution is 6.76. The Morgan fingerprint density at radius 3 is 2.38 bits per heavy atom. The molecule has 0 bridgehead atoms. The van der Waals surface area contributed by atoms with Gasteiger partial charge in [0.15, 0.2) is 6.10 Å². The molecule has 3 rings (SSSR count). The Kier molecular flexibility index (Phi) is 9.19. The number of rotatable bonds is 11. The molecule has 3 aromatic rings. The Bertz CT molecular complexity index is 1320. The fourth-order valence-corrected chi connectivity index (χ4v) is 4.55. The first-order valence-corrected chi connectivity index (χ1v) is 16.4. The molecule has 2 aromatic heterocycles. The van der Waals surface area contributed by atoms with Crippen LogP contribution in [0.3, 0.4) is 0 Å². The van der Waals surface area contributed by atoms with Crippen LogP contribution in [0.25, 0.3) is 22.5 Å². The second kappa shape index (κ2) is 11.7. The number of hydrogen-bond acceptors (Lipinski definition) is 5. The Hall–Kier alpha value is -2.89. The van der Waals surface area contributed by atoms with E-state index < -0.39 is 31.7 Å². The molecule has 0 aliphatic carbocycles. The van der Waals surface area contributed by atoms with Gasteiger partial charge in [0.2, 0.25) is 5.88 Å². The molecular formula is C27H33ClF3N3O4Si. The lowest BCUT2D eigenvalue weighted by atomic mass is 9.95. The third-order valence-electron chi connectivity index (χ3n) is 6.09. The second-order valence-electron chi connectivity index (χ2n) is 11.3. The molecule has 2 heterocycles. The van der Waals surface area contributed by atoms with Gasteiger partial charge in [0.05, 0.1) is 22.3 Å². The van der Waals surface area contributed by atoms with Gasteiger partial charge in [-0.2, -0.15) is 13.2 Å². The minimum absolute atomic E-state index is 0.0121. The second-order valence-corrected chi connectivity index (χ2v) is 17.3. The zero-order valence-electron chi connectivity index (χ0n) is 22.7. The normalized spacial score (nSPS) is 13.4. The maximum atomic E-state index is 13.7. The fourth-order valence-electron chi connectivity index (χ4n) is 3.55. The Morgan fingerprint density at radius 1 is 1.13 bits per heavy atom. The molecule has 0 aliphatic rings. The number of benzene rings is 1. The Labute approximate surface area is 231 Å². The van der Waals surface area contributed by atoms with Crippen molar-refractivity contribution in [3.63, 3.8) is 0 Å². The highest BCUT2D eigenvalue weighted by Crippen LogP contribution is 2.38. The molecular weight excluding hydrogens is 551 g/mol. The van der Waals surface area contributed by atoms with Crippen molar-refractivity contribution >= 4 is 25.6 Å². The van der Waals surface area contributed by atoms with Crippen LogP contribution < -0.4 is 4.74 Å². The van der Waals surface area contributed by atoms with Crippen molar-refractivity contribution in [2.45, 2.75) is 58.7 Å². The topological polar surface area (TPSA) is 97.3 Å². The third-order valence-corrected chi connectivity index (χ3v) is 8.11. The largest absolute Gasteiger partial charge is 0.481 e. The lowest BCUT2D eigenvalue weighted by Gasteiger charge is -2.22. The van der Waals surface area contributed by atoms with Crippen LogP contribution in [0.15, 0.2) is 36.7 Å². The van der Waals surface area contributed by atoms with Crippen molar-refractivity contribution in [3.8, 4) is 28.4 Å². The first-order chi connectivity index (χ1) is 18.0. The van der Waals surface area contributed by atoms with E-state index in [9.17, 15) is 23.1 Å². The molecule has 1 unspecified atom stereocenters. The lowest BCUT2D eigenvalue weighted by Crippen LogP contribution is -2.30. The molecule has 0 amide bonds. The quantitative estimate of drug-likeness (QED) is 0.226. The molecule has 12 heteroatoms. The van der Waals surface area contributed by atoms with Crippen molar-refractivity contribution in [1.29, 1.82) is 0 Å². The van der Waals surface area contributed by atoms with Gasteiger partial charge in [-0.1, -0.05) is 37.3 Å². The molecule has 1 aromatic carbocycles. The number of carbonyl (C=O) groups is 1. The van der Waals surface area contributed by atoms with Crippen LogP contribution in [-0.2, 0) is 9.53 Å². The minimum Gasteiger partial charge on any atom is -0.481 e. The van der Waals surface area contributed by atoms with E-state index in [0.717, 1.165) is 22.9 Å². The monoisotopic (exact) mass is 583 g/mol. The summed E-state index contributed by atoms with van der Waals surface area (Å²) in [4.78, 5) is 22.4. The number of imidazole rings is 1. The summed E-state index contributed by atoms with van der Waals surface area (Å²) < 4.78 is 52.0. The predicted molar refractivity (Wildman–Crippen MR) is 147 cm³/mol. The molecule has 0 saturated carbocycles. The number of aromatic amines is 1. The number of halogens is 4. The number of H-pyrrole nitrogens is 1. The van der Waals surface area contributed by atoms with Gasteiger partial charge in [0.25, 0.3) is 0 Å². The minimum atomic E-state index is -4.60. The van der Waals surface area contributed by atoms with Gasteiger partial charge in [-0.05, 0) is 50.1 Å². The maximum absolute atomic E-state index is 13.7. The number of alkyl halides is 3. The number of hydrogen-bond donors (Lipinski definition) is 2. The van der Waals surface area contributed by atoms with Crippen LogP contribution in [-0.4, -0.2) is 53.5 Å². The highest BCUT2D eigenvalue weighted by Gasteiger charge is 2.43. The van der Waals surface area contributed by atoms with Gasteiger partial charge in [-0.3, -0.25) is 4.79 Å². The number of carboxylic acids is 1. The van der Waals surface area contributed by atoms with Crippen molar-refractivity contribution in [2.75, 3.05) is 13.2 Å². The van der Waals surface area contributed by atoms with E-state index in [1.165, 1.54) is 0 Å². The van der Waals surface area contributed by atoms with Crippen LogP contribution >= 0.6 is 11.6 Å². The summed E-state index contributed by atoms with van der Waals surface area (Å²) in [5, 5.41) is 9.54. The first kappa shape index (κ1) is 30.6. The zero-order valence-corrected chi connectivity index (χ0v) is 24.5. The molecule has 0 aliphatic heterocycles. The average Bonchev–Trinajstić information content (AvgIpc) is 3.28. The molecule has 0 fully saturated rings. The van der Waals surface area contributed by atoms with Crippen molar-refractivity contribution in [2.24, 2.45) is 5.41 Å². The molecule has 212 valence electrons. The molecule has 7 nitrogen and oxygen atoms in total. The summed E-state index contributed by atoms with van der Waals surface area (Å²) in [5.74, 6) is -0.482. The van der Waals surface area contributed by atoms with Crippen molar-refractivity contribution < 1.29 is 32.5 Å². The standard InChI is InChI=1S/C27H33ClF3N3O4Si/c1-16-11-22(38-15-26(2,3)25(35)36)32-13-19(16)17-7-8-18(20(28)12-17)24-33-14-21(34-24)23(27(29,30)31)37-9-10-39(4,5)6/h7-8,11-14,23H,9-10,15H2,1-6H3,(H,33,34)(H,35,36). The molecule has 0 spiro atoms. The van der Waals surface area contributed by atoms with Gasteiger partial charge < -0.3 is 19.6 Å². The number of aromatic nitrogens is 3. The van der Waals surface area contributed by atoms with Gasteiger partial charge in [0, 0.05) is 38.1 Å². The molecule has 0 radical (unpaired) electrons. The smallest absolute Gasteiger partial charge is 0.420 e. The van der Waals surface area contributed by atoms with Gasteiger partial charge in [-0.15, -0.1) is 0 Å². The summed E-state index contributed by atoms with van der Waals surface area (Å²) in [6, 6.07) is 7.44. The van der Waals surface area contributed by atoms with Crippen molar-refractivity contribution in [3.05, 3.63) is 52.9 Å². The van der Waals surface area contributed by atoms with Gasteiger partial charge in [-0.25, -0.2) is 9.97 Å². The van der Waals surface area contributed by atoms with Crippen molar-refractivity contribution in [1.82, 2.24) is 15.0 Å². The Balaban J connectivity index is 1.79. The fraction of sp³-hybridized carbons (Fsp3) is 0.444. The van der Waals surface area contributed by atoms with E-state index >= 15 is 0 Å². The van der Waals surface area contributed by atoms with Gasteiger partial charge >= 0.3 is 12.1 Å². The van der Waals surface area contributed by atoms with Crippen LogP contribution in [0.2, 0.25) is 30.7 Å². The number of carboxylic acid groups (broad SMARTS) is 1. The van der Waals surface area contributed by atoms with Crippen LogP contribution in [0.4, 0.5) is 13.2 Å². The zero-order chi connectivity index (χ0) is 29.2. The number of aliphatic carboxylic acids is 1. The first-order valence-electron chi connectivity index (χ1n) is 12.3. The summed E-state index contributed by atoms with van der Waals surface area (Å²) >= 11 is 6.53. The number of nitrogens with one attached hydrogen (secondary N) is 1. The number of pyridine rings is 1. The van der Waals surface area contributed by atoms with E-state index in [-0.39, 0.29) is 24.7 Å². The lowest BCUT2D eigenvalue weighted by molar-refractivity contribution is -0.223. The summed E-state index contributed by atoms with van der Waals surface area (Å²) in [6.07, 6.45) is -3.98. The van der Waals surface area contributed by atoms with Gasteiger partial charge in [0.1, 0.15) is 12.4 Å². The summed E-state index contributed by atoms with van der Waals surface area (Å²) in [5.41, 5.74) is 1.51. The maximum Gasteiger partial charge on any atom is 0.420 e. The average molecular weight is 584 g/mol. The highest BCUT2D eigenvalue weighted by atomic mass is 35.5. The SMILES string of the molecule is Cc1cc(OCC(C)(C)C(=O)O)ncc1-c1ccc(-c2ncc(C(OCC[Si](C)(C)C)C(F)(F)F)[nH]2)c(Cl)c1. The van der Waals surface area contributed by atoms with E-state index in [2.05, 4.69) is 34.6 Å². The predicted octanol–water partition coefficient (Wildman–Crippen LogP) is 7.55. The molecule has 1 atom stereocenters. The Morgan fingerprint density at radius 2 is 1.82 bits per heavy atom. The number of nitrogens with zero attached hydrogens (tertiary/aromatic N) is 2.